The summed E-state index contributed by atoms with van der Waals surface area (Å²) in [5.74, 6) is -1.41. The van der Waals surface area contributed by atoms with Gasteiger partial charge in [0, 0.05) is 28.7 Å². The molecule has 0 radical (unpaired) electrons. The van der Waals surface area contributed by atoms with Crippen molar-refractivity contribution in [1.82, 2.24) is 10.3 Å². The Morgan fingerprint density at radius 1 is 1.10 bits per heavy atom. The van der Waals surface area contributed by atoms with Crippen molar-refractivity contribution in [2.75, 3.05) is 18.5 Å². The number of anilines is 1. The molecule has 2 amide bonds. The third-order valence-electron chi connectivity index (χ3n) is 4.09. The molecule has 0 saturated carbocycles. The van der Waals surface area contributed by atoms with E-state index in [2.05, 4.69) is 15.6 Å². The van der Waals surface area contributed by atoms with E-state index in [4.69, 9.17) is 4.74 Å². The molecule has 0 aliphatic carbocycles. The Bertz CT molecular complexity index is 1060. The van der Waals surface area contributed by atoms with Crippen molar-refractivity contribution in [2.45, 2.75) is 13.8 Å². The fourth-order valence-electron chi connectivity index (χ4n) is 2.60. The Morgan fingerprint density at radius 3 is 2.60 bits per heavy atom. The highest BCUT2D eigenvalue weighted by Gasteiger charge is 2.15. The van der Waals surface area contributed by atoms with Gasteiger partial charge in [-0.15, -0.1) is 11.3 Å². The van der Waals surface area contributed by atoms with Gasteiger partial charge in [0.1, 0.15) is 5.01 Å². The number of esters is 1. The molecule has 0 unspecified atom stereocenters. The van der Waals surface area contributed by atoms with Crippen LogP contribution in [0.5, 0.6) is 0 Å². The van der Waals surface area contributed by atoms with Gasteiger partial charge in [-0.25, -0.2) is 9.78 Å². The lowest BCUT2D eigenvalue weighted by Gasteiger charge is -2.08. The van der Waals surface area contributed by atoms with Crippen molar-refractivity contribution in [3.8, 4) is 10.6 Å². The molecule has 3 aromatic rings. The highest BCUT2D eigenvalue weighted by molar-refractivity contribution is 7.13. The minimum atomic E-state index is -0.671. The SMILES string of the molecule is CCNC(=O)c1cccc(NC(=O)COC(=O)c2csc(-c3ccc(C)cc3)n2)c1. The zero-order chi connectivity index (χ0) is 21.5. The first-order chi connectivity index (χ1) is 14.5. The molecular weight excluding hydrogens is 402 g/mol. The minimum Gasteiger partial charge on any atom is -0.451 e. The maximum Gasteiger partial charge on any atom is 0.358 e. The van der Waals surface area contributed by atoms with E-state index in [9.17, 15) is 14.4 Å². The Balaban J connectivity index is 1.55. The van der Waals surface area contributed by atoms with E-state index in [1.807, 2.05) is 38.1 Å². The lowest BCUT2D eigenvalue weighted by molar-refractivity contribution is -0.119. The molecule has 0 atom stereocenters. The molecular formula is C22H21N3O4S. The first-order valence-electron chi connectivity index (χ1n) is 9.34. The fraction of sp³-hybridized carbons (Fsp3) is 0.182. The monoisotopic (exact) mass is 423 g/mol. The van der Waals surface area contributed by atoms with E-state index in [1.165, 1.54) is 11.3 Å². The van der Waals surface area contributed by atoms with Gasteiger partial charge < -0.3 is 15.4 Å². The molecule has 0 bridgehead atoms. The van der Waals surface area contributed by atoms with Gasteiger partial charge in [-0.3, -0.25) is 9.59 Å². The number of amides is 2. The first-order valence-corrected chi connectivity index (χ1v) is 10.2. The summed E-state index contributed by atoms with van der Waals surface area (Å²) in [7, 11) is 0. The summed E-state index contributed by atoms with van der Waals surface area (Å²) in [6.45, 7) is 3.87. The van der Waals surface area contributed by atoms with E-state index < -0.39 is 18.5 Å². The van der Waals surface area contributed by atoms with Gasteiger partial charge in [-0.1, -0.05) is 35.9 Å². The van der Waals surface area contributed by atoms with Crippen LogP contribution in [0.3, 0.4) is 0 Å². The van der Waals surface area contributed by atoms with Crippen molar-refractivity contribution >= 4 is 34.8 Å². The number of nitrogens with zero attached hydrogens (tertiary/aromatic N) is 1. The Labute approximate surface area is 178 Å². The van der Waals surface area contributed by atoms with E-state index in [0.717, 1.165) is 11.1 Å². The predicted octanol–water partition coefficient (Wildman–Crippen LogP) is 3.66. The van der Waals surface area contributed by atoms with Gasteiger partial charge in [0.15, 0.2) is 12.3 Å². The molecule has 2 aromatic carbocycles. The second-order valence-electron chi connectivity index (χ2n) is 6.47. The number of carbonyl (C=O) groups excluding carboxylic acids is 3. The minimum absolute atomic E-state index is 0.154. The Kier molecular flexibility index (Phi) is 6.92. The Hall–Kier alpha value is -3.52. The quantitative estimate of drug-likeness (QED) is 0.565. The maximum absolute atomic E-state index is 12.2. The Morgan fingerprint density at radius 2 is 1.87 bits per heavy atom. The molecule has 1 heterocycles. The number of carbonyl (C=O) groups is 3. The molecule has 3 rings (SSSR count). The van der Waals surface area contributed by atoms with Gasteiger partial charge in [0.25, 0.3) is 11.8 Å². The van der Waals surface area contributed by atoms with Crippen molar-refractivity contribution in [3.63, 3.8) is 0 Å². The lowest BCUT2D eigenvalue weighted by Crippen LogP contribution is -2.23. The van der Waals surface area contributed by atoms with Crippen LogP contribution in [-0.4, -0.2) is 35.9 Å². The third-order valence-corrected chi connectivity index (χ3v) is 4.98. The summed E-state index contributed by atoms with van der Waals surface area (Å²) in [4.78, 5) is 40.5. The molecule has 0 fully saturated rings. The summed E-state index contributed by atoms with van der Waals surface area (Å²) >= 11 is 1.33. The normalized spacial score (nSPS) is 10.3. The largest absolute Gasteiger partial charge is 0.451 e. The highest BCUT2D eigenvalue weighted by Crippen LogP contribution is 2.24. The number of thiazole rings is 1. The number of nitrogens with one attached hydrogen (secondary N) is 2. The summed E-state index contributed by atoms with van der Waals surface area (Å²) in [5.41, 5.74) is 3.07. The van der Waals surface area contributed by atoms with Crippen molar-refractivity contribution in [1.29, 1.82) is 0 Å². The van der Waals surface area contributed by atoms with Crippen LogP contribution in [0.2, 0.25) is 0 Å². The van der Waals surface area contributed by atoms with Crippen LogP contribution in [0.15, 0.2) is 53.9 Å². The molecule has 1 aromatic heterocycles. The molecule has 0 aliphatic rings. The number of aryl methyl sites for hydroxylation is 1. The van der Waals surface area contributed by atoms with Gasteiger partial charge in [0.05, 0.1) is 0 Å². The van der Waals surface area contributed by atoms with Crippen molar-refractivity contribution in [3.05, 3.63) is 70.7 Å². The standard InChI is InChI=1S/C22H21N3O4S/c1-3-23-20(27)16-5-4-6-17(11-16)24-19(26)12-29-22(28)18-13-30-21(25-18)15-9-7-14(2)8-10-15/h4-11,13H,3,12H2,1-2H3,(H,23,27)(H,24,26). The van der Waals surface area contributed by atoms with Crippen LogP contribution in [0.1, 0.15) is 33.3 Å². The fourth-order valence-corrected chi connectivity index (χ4v) is 3.39. The van der Waals surface area contributed by atoms with E-state index in [1.54, 1.807) is 29.6 Å². The van der Waals surface area contributed by atoms with Crippen LogP contribution in [-0.2, 0) is 9.53 Å². The lowest BCUT2D eigenvalue weighted by atomic mass is 10.2. The smallest absolute Gasteiger partial charge is 0.358 e. The van der Waals surface area contributed by atoms with Crippen LogP contribution in [0.4, 0.5) is 5.69 Å². The molecule has 0 spiro atoms. The van der Waals surface area contributed by atoms with Gasteiger partial charge in [-0.2, -0.15) is 0 Å². The summed E-state index contributed by atoms with van der Waals surface area (Å²) in [5, 5.41) is 7.60. The van der Waals surface area contributed by atoms with Crippen LogP contribution >= 0.6 is 11.3 Å². The molecule has 30 heavy (non-hydrogen) atoms. The van der Waals surface area contributed by atoms with Gasteiger partial charge in [0.2, 0.25) is 0 Å². The van der Waals surface area contributed by atoms with Gasteiger partial charge in [-0.05, 0) is 32.0 Å². The zero-order valence-corrected chi connectivity index (χ0v) is 17.4. The number of ether oxygens (including phenoxy) is 1. The number of benzene rings is 2. The zero-order valence-electron chi connectivity index (χ0n) is 16.6. The molecule has 8 heteroatoms. The molecule has 154 valence electrons. The number of aromatic nitrogens is 1. The summed E-state index contributed by atoms with van der Waals surface area (Å²) in [6, 6.07) is 14.3. The third kappa shape index (κ3) is 5.51. The average molecular weight is 423 g/mol. The van der Waals surface area contributed by atoms with Crippen molar-refractivity contribution < 1.29 is 19.1 Å². The molecule has 0 saturated heterocycles. The van der Waals surface area contributed by atoms with Crippen LogP contribution < -0.4 is 10.6 Å². The van der Waals surface area contributed by atoms with Gasteiger partial charge >= 0.3 is 5.97 Å². The number of hydrogen-bond acceptors (Lipinski definition) is 6. The highest BCUT2D eigenvalue weighted by atomic mass is 32.1. The number of rotatable bonds is 7. The topological polar surface area (TPSA) is 97.4 Å². The molecule has 2 N–H and O–H groups in total. The maximum atomic E-state index is 12.2. The molecule has 7 nitrogen and oxygen atoms in total. The second kappa shape index (κ2) is 9.80. The number of hydrogen-bond donors (Lipinski definition) is 2. The second-order valence-corrected chi connectivity index (χ2v) is 7.33. The first kappa shape index (κ1) is 21.2. The summed E-state index contributed by atoms with van der Waals surface area (Å²) < 4.78 is 5.06. The van der Waals surface area contributed by atoms with Crippen LogP contribution in [0, 0.1) is 6.92 Å². The predicted molar refractivity (Wildman–Crippen MR) is 116 cm³/mol. The van der Waals surface area contributed by atoms with Crippen LogP contribution in [0.25, 0.3) is 10.6 Å². The van der Waals surface area contributed by atoms with E-state index in [0.29, 0.717) is 22.8 Å². The summed E-state index contributed by atoms with van der Waals surface area (Å²) in [6.07, 6.45) is 0. The van der Waals surface area contributed by atoms with Crippen molar-refractivity contribution in [2.24, 2.45) is 0 Å². The van der Waals surface area contributed by atoms with E-state index >= 15 is 0 Å². The van der Waals surface area contributed by atoms with E-state index in [-0.39, 0.29) is 11.6 Å². The average Bonchev–Trinajstić information content (AvgIpc) is 3.23. The molecule has 0 aliphatic heterocycles.